The van der Waals surface area contributed by atoms with Crippen LogP contribution in [0.3, 0.4) is 0 Å². The minimum atomic E-state index is -0.195. The van der Waals surface area contributed by atoms with Crippen molar-refractivity contribution in [3.05, 3.63) is 16.6 Å². The molecule has 2 atom stereocenters. The van der Waals surface area contributed by atoms with E-state index in [4.69, 9.17) is 4.74 Å². The Morgan fingerprint density at radius 3 is 2.83 bits per heavy atom. The standard InChI is InChI=1S/C12H19N3O2S/c1-9(11-7-18-8-13-11)14-10(2)12(16)15-3-5-17-6-4-15/h7-10,14H,3-6H2,1-2H3. The Balaban J connectivity index is 1.86. The van der Waals surface area contributed by atoms with Crippen molar-refractivity contribution in [1.82, 2.24) is 15.2 Å². The van der Waals surface area contributed by atoms with Gasteiger partial charge in [0.1, 0.15) is 0 Å². The number of nitrogens with zero attached hydrogens (tertiary/aromatic N) is 2. The second-order valence-electron chi connectivity index (χ2n) is 4.46. The maximum absolute atomic E-state index is 12.2. The van der Waals surface area contributed by atoms with Gasteiger partial charge in [0.15, 0.2) is 0 Å². The third-order valence-corrected chi connectivity index (χ3v) is 3.69. The molecule has 1 aliphatic heterocycles. The summed E-state index contributed by atoms with van der Waals surface area (Å²) in [5.74, 6) is 0.139. The Kier molecular flexibility index (Phi) is 4.68. The lowest BCUT2D eigenvalue weighted by atomic mass is 10.2. The summed E-state index contributed by atoms with van der Waals surface area (Å²) in [5.41, 5.74) is 2.80. The zero-order valence-electron chi connectivity index (χ0n) is 10.8. The second-order valence-corrected chi connectivity index (χ2v) is 5.18. The number of hydrogen-bond donors (Lipinski definition) is 1. The van der Waals surface area contributed by atoms with E-state index in [0.717, 1.165) is 5.69 Å². The van der Waals surface area contributed by atoms with Crippen LogP contribution in [-0.2, 0) is 9.53 Å². The fourth-order valence-electron chi connectivity index (χ4n) is 2.02. The number of morpholine rings is 1. The highest BCUT2D eigenvalue weighted by Gasteiger charge is 2.23. The van der Waals surface area contributed by atoms with E-state index in [9.17, 15) is 4.79 Å². The lowest BCUT2D eigenvalue weighted by molar-refractivity contribution is -0.137. The van der Waals surface area contributed by atoms with Crippen LogP contribution in [0.25, 0.3) is 0 Å². The number of carbonyl (C=O) groups excluding carboxylic acids is 1. The first-order valence-corrected chi connectivity index (χ1v) is 7.13. The highest BCUT2D eigenvalue weighted by molar-refractivity contribution is 7.07. The first kappa shape index (κ1) is 13.5. The maximum atomic E-state index is 12.2. The summed E-state index contributed by atoms with van der Waals surface area (Å²) < 4.78 is 5.25. The zero-order valence-corrected chi connectivity index (χ0v) is 11.6. The maximum Gasteiger partial charge on any atom is 0.239 e. The van der Waals surface area contributed by atoms with E-state index in [1.165, 1.54) is 0 Å². The van der Waals surface area contributed by atoms with Gasteiger partial charge in [-0.25, -0.2) is 4.98 Å². The van der Waals surface area contributed by atoms with E-state index < -0.39 is 0 Å². The smallest absolute Gasteiger partial charge is 0.239 e. The predicted octanol–water partition coefficient (Wildman–Crippen LogP) is 1.04. The summed E-state index contributed by atoms with van der Waals surface area (Å²) in [4.78, 5) is 18.3. The van der Waals surface area contributed by atoms with Crippen molar-refractivity contribution in [2.75, 3.05) is 26.3 Å². The molecule has 1 aromatic rings. The van der Waals surface area contributed by atoms with E-state index in [0.29, 0.717) is 26.3 Å². The SMILES string of the molecule is CC(NC(C)c1cscn1)C(=O)N1CCOCC1. The Hall–Kier alpha value is -0.980. The molecular formula is C12H19N3O2S. The zero-order chi connectivity index (χ0) is 13.0. The molecule has 0 aromatic carbocycles. The van der Waals surface area contributed by atoms with Crippen LogP contribution < -0.4 is 5.32 Å². The summed E-state index contributed by atoms with van der Waals surface area (Å²) >= 11 is 1.57. The van der Waals surface area contributed by atoms with Crippen molar-refractivity contribution in [3.63, 3.8) is 0 Å². The van der Waals surface area contributed by atoms with E-state index >= 15 is 0 Å². The van der Waals surface area contributed by atoms with Gasteiger partial charge in [-0.15, -0.1) is 11.3 Å². The van der Waals surface area contributed by atoms with Gasteiger partial charge < -0.3 is 9.64 Å². The summed E-state index contributed by atoms with van der Waals surface area (Å²) in [5, 5.41) is 5.30. The molecule has 1 N–H and O–H groups in total. The topological polar surface area (TPSA) is 54.5 Å². The Morgan fingerprint density at radius 1 is 1.50 bits per heavy atom. The molecule has 1 saturated heterocycles. The number of amides is 1. The van der Waals surface area contributed by atoms with Crippen LogP contribution in [-0.4, -0.2) is 48.1 Å². The predicted molar refractivity (Wildman–Crippen MR) is 70.5 cm³/mol. The number of aromatic nitrogens is 1. The number of hydrogen-bond acceptors (Lipinski definition) is 5. The normalized spacial score (nSPS) is 19.6. The molecule has 0 aliphatic carbocycles. The van der Waals surface area contributed by atoms with Crippen molar-refractivity contribution in [2.45, 2.75) is 25.9 Å². The number of carbonyl (C=O) groups is 1. The molecule has 0 radical (unpaired) electrons. The van der Waals surface area contributed by atoms with Crippen LogP contribution in [0.15, 0.2) is 10.9 Å². The van der Waals surface area contributed by atoms with Crippen molar-refractivity contribution in [3.8, 4) is 0 Å². The first-order chi connectivity index (χ1) is 8.68. The van der Waals surface area contributed by atoms with Crippen LogP contribution in [0.4, 0.5) is 0 Å². The molecule has 0 saturated carbocycles. The Morgan fingerprint density at radius 2 is 2.22 bits per heavy atom. The van der Waals surface area contributed by atoms with Gasteiger partial charge in [-0.05, 0) is 13.8 Å². The highest BCUT2D eigenvalue weighted by atomic mass is 32.1. The van der Waals surface area contributed by atoms with Crippen LogP contribution >= 0.6 is 11.3 Å². The van der Waals surface area contributed by atoms with Gasteiger partial charge in [0, 0.05) is 24.5 Å². The summed E-state index contributed by atoms with van der Waals surface area (Å²) in [7, 11) is 0. The molecule has 6 heteroatoms. The third-order valence-electron chi connectivity index (χ3n) is 3.09. The second kappa shape index (κ2) is 6.26. The van der Waals surface area contributed by atoms with Crippen LogP contribution in [0.5, 0.6) is 0 Å². The monoisotopic (exact) mass is 269 g/mol. The van der Waals surface area contributed by atoms with Gasteiger partial charge in [0.2, 0.25) is 5.91 Å². The molecule has 1 aliphatic rings. The van der Waals surface area contributed by atoms with Crippen LogP contribution in [0.1, 0.15) is 25.6 Å². The number of ether oxygens (including phenoxy) is 1. The van der Waals surface area contributed by atoms with Gasteiger partial charge in [-0.1, -0.05) is 0 Å². The van der Waals surface area contributed by atoms with Gasteiger partial charge in [0.25, 0.3) is 0 Å². The molecule has 0 bridgehead atoms. The average molecular weight is 269 g/mol. The highest BCUT2D eigenvalue weighted by Crippen LogP contribution is 2.13. The number of nitrogens with one attached hydrogen (secondary N) is 1. The quantitative estimate of drug-likeness (QED) is 0.887. The van der Waals surface area contributed by atoms with Crippen LogP contribution in [0, 0.1) is 0 Å². The third kappa shape index (κ3) is 3.28. The minimum Gasteiger partial charge on any atom is -0.378 e. The van der Waals surface area contributed by atoms with Gasteiger partial charge >= 0.3 is 0 Å². The molecule has 1 aromatic heterocycles. The fourth-order valence-corrected chi connectivity index (χ4v) is 2.67. The molecule has 5 nitrogen and oxygen atoms in total. The van der Waals surface area contributed by atoms with E-state index in [2.05, 4.69) is 10.3 Å². The summed E-state index contributed by atoms with van der Waals surface area (Å²) in [6, 6.07) is -0.101. The minimum absolute atomic E-state index is 0.0937. The van der Waals surface area contributed by atoms with Crippen molar-refractivity contribution in [2.24, 2.45) is 0 Å². The van der Waals surface area contributed by atoms with Crippen molar-refractivity contribution >= 4 is 17.2 Å². The van der Waals surface area contributed by atoms with Gasteiger partial charge in [0.05, 0.1) is 30.5 Å². The average Bonchev–Trinajstić information content (AvgIpc) is 2.92. The Bertz CT molecular complexity index is 377. The molecule has 2 heterocycles. The molecule has 2 rings (SSSR count). The fraction of sp³-hybridized carbons (Fsp3) is 0.667. The Labute approximate surface area is 111 Å². The molecule has 1 amide bonds. The lowest BCUT2D eigenvalue weighted by Crippen LogP contribution is -2.49. The van der Waals surface area contributed by atoms with E-state index in [1.807, 2.05) is 29.6 Å². The molecule has 1 fully saturated rings. The molecule has 2 unspecified atom stereocenters. The summed E-state index contributed by atoms with van der Waals surface area (Å²) in [6.45, 7) is 6.59. The molecule has 100 valence electrons. The van der Waals surface area contributed by atoms with E-state index in [1.54, 1.807) is 11.3 Å². The first-order valence-electron chi connectivity index (χ1n) is 6.19. The number of rotatable bonds is 4. The van der Waals surface area contributed by atoms with E-state index in [-0.39, 0.29) is 18.0 Å². The van der Waals surface area contributed by atoms with Crippen LogP contribution in [0.2, 0.25) is 0 Å². The molecular weight excluding hydrogens is 250 g/mol. The lowest BCUT2D eigenvalue weighted by Gasteiger charge is -2.30. The van der Waals surface area contributed by atoms with Gasteiger partial charge in [-0.3, -0.25) is 10.1 Å². The molecule has 18 heavy (non-hydrogen) atoms. The van der Waals surface area contributed by atoms with Crippen molar-refractivity contribution in [1.29, 1.82) is 0 Å². The largest absolute Gasteiger partial charge is 0.378 e. The van der Waals surface area contributed by atoms with Crippen molar-refractivity contribution < 1.29 is 9.53 Å². The van der Waals surface area contributed by atoms with Gasteiger partial charge in [-0.2, -0.15) is 0 Å². The summed E-state index contributed by atoms with van der Waals surface area (Å²) in [6.07, 6.45) is 0. The number of thiazole rings is 1. The molecule has 0 spiro atoms.